The Bertz CT molecular complexity index is 1040. The number of hydrogen-bond acceptors (Lipinski definition) is 5. The van der Waals surface area contributed by atoms with Gasteiger partial charge >= 0.3 is 0 Å². The highest BCUT2D eigenvalue weighted by Gasteiger charge is 2.38. The lowest BCUT2D eigenvalue weighted by atomic mass is 10.0. The summed E-state index contributed by atoms with van der Waals surface area (Å²) in [5.74, 6) is 1.21. The fraction of sp³-hybridized carbons (Fsp3) is 0.560. The molecule has 2 aromatic rings. The van der Waals surface area contributed by atoms with Crippen LogP contribution in [0, 0.1) is 5.92 Å². The summed E-state index contributed by atoms with van der Waals surface area (Å²) in [5, 5.41) is 4.56. The van der Waals surface area contributed by atoms with E-state index in [9.17, 15) is 9.59 Å². The summed E-state index contributed by atoms with van der Waals surface area (Å²) in [5.41, 5.74) is 3.31. The van der Waals surface area contributed by atoms with Crippen molar-refractivity contribution in [3.05, 3.63) is 41.2 Å². The molecular formula is C25H34N4O4. The molecule has 178 valence electrons. The van der Waals surface area contributed by atoms with Gasteiger partial charge in [-0.15, -0.1) is 0 Å². The van der Waals surface area contributed by atoms with Crippen molar-refractivity contribution in [1.82, 2.24) is 19.6 Å². The summed E-state index contributed by atoms with van der Waals surface area (Å²) in [6, 6.07) is 5.79. The van der Waals surface area contributed by atoms with Gasteiger partial charge in [-0.05, 0) is 44.9 Å². The molecule has 0 bridgehead atoms. The van der Waals surface area contributed by atoms with Crippen LogP contribution in [0.1, 0.15) is 44.0 Å². The Labute approximate surface area is 195 Å². The number of rotatable bonds is 6. The van der Waals surface area contributed by atoms with Crippen LogP contribution in [0.25, 0.3) is 0 Å². The van der Waals surface area contributed by atoms with Crippen molar-refractivity contribution in [3.63, 3.8) is 0 Å². The molecule has 1 unspecified atom stereocenters. The molecule has 2 aliphatic rings. The number of benzene rings is 1. The maximum atomic E-state index is 13.2. The van der Waals surface area contributed by atoms with E-state index < -0.39 is 0 Å². The zero-order valence-electron chi connectivity index (χ0n) is 20.3. The first-order valence-corrected chi connectivity index (χ1v) is 11.5. The van der Waals surface area contributed by atoms with E-state index in [0.717, 1.165) is 17.5 Å². The Hall–Kier alpha value is -3.03. The first kappa shape index (κ1) is 23.1. The predicted octanol–water partition coefficient (Wildman–Crippen LogP) is 2.63. The van der Waals surface area contributed by atoms with Crippen molar-refractivity contribution >= 4 is 11.8 Å². The maximum absolute atomic E-state index is 13.2. The minimum atomic E-state index is -0.276. The molecule has 0 radical (unpaired) electrons. The Morgan fingerprint density at radius 1 is 1.18 bits per heavy atom. The smallest absolute Gasteiger partial charge is 0.228 e. The fourth-order valence-electron chi connectivity index (χ4n) is 4.81. The second kappa shape index (κ2) is 9.08. The molecule has 0 N–H and O–H groups in total. The molecule has 4 rings (SSSR count). The SMILES string of the molecule is COc1ccc(CCN2CC(C(=O)N3CCc4c(cnn4C(C)(C)C)C3)CC2=O)cc1OC. The van der Waals surface area contributed by atoms with Gasteiger partial charge in [-0.1, -0.05) is 6.07 Å². The second-order valence-corrected chi connectivity index (χ2v) is 9.89. The molecule has 1 fully saturated rings. The Morgan fingerprint density at radius 3 is 2.64 bits per heavy atom. The minimum Gasteiger partial charge on any atom is -0.493 e. The number of hydrogen-bond donors (Lipinski definition) is 0. The highest BCUT2D eigenvalue weighted by atomic mass is 16.5. The summed E-state index contributed by atoms with van der Waals surface area (Å²) in [6.45, 7) is 8.72. The van der Waals surface area contributed by atoms with E-state index in [-0.39, 0.29) is 29.7 Å². The Morgan fingerprint density at radius 2 is 1.94 bits per heavy atom. The summed E-state index contributed by atoms with van der Waals surface area (Å²) >= 11 is 0. The van der Waals surface area contributed by atoms with Crippen LogP contribution in [-0.4, -0.2) is 65.2 Å². The first-order valence-electron chi connectivity index (χ1n) is 11.5. The third kappa shape index (κ3) is 4.70. The predicted molar refractivity (Wildman–Crippen MR) is 124 cm³/mol. The van der Waals surface area contributed by atoms with Crippen LogP contribution >= 0.6 is 0 Å². The van der Waals surface area contributed by atoms with E-state index in [1.165, 1.54) is 5.69 Å². The molecule has 1 saturated heterocycles. The minimum absolute atomic E-state index is 0.0482. The van der Waals surface area contributed by atoms with Crippen LogP contribution in [0.4, 0.5) is 0 Å². The number of carbonyl (C=O) groups excluding carboxylic acids is 2. The standard InChI is InChI=1S/C25H34N4O4/c1-25(2,3)29-20-9-11-28(16-19(20)14-26-29)24(31)18-13-23(30)27(15-18)10-8-17-6-7-21(32-4)22(12-17)33-5/h6-7,12,14,18H,8-11,13,15-16H2,1-5H3. The van der Waals surface area contributed by atoms with E-state index in [1.54, 1.807) is 14.2 Å². The zero-order valence-corrected chi connectivity index (χ0v) is 20.3. The number of fused-ring (bicyclic) bond motifs is 1. The van der Waals surface area contributed by atoms with Gasteiger partial charge in [0.1, 0.15) is 0 Å². The number of likely N-dealkylation sites (tertiary alicyclic amines) is 1. The largest absolute Gasteiger partial charge is 0.493 e. The molecule has 1 aromatic heterocycles. The third-order valence-corrected chi connectivity index (χ3v) is 6.56. The average molecular weight is 455 g/mol. The normalized spacial score (nSPS) is 18.5. The van der Waals surface area contributed by atoms with E-state index >= 15 is 0 Å². The first-order chi connectivity index (χ1) is 15.7. The van der Waals surface area contributed by atoms with Crippen molar-refractivity contribution in [2.75, 3.05) is 33.9 Å². The van der Waals surface area contributed by atoms with E-state index in [4.69, 9.17) is 9.47 Å². The molecule has 0 spiro atoms. The van der Waals surface area contributed by atoms with Crippen LogP contribution in [0.15, 0.2) is 24.4 Å². The van der Waals surface area contributed by atoms with E-state index in [1.807, 2.05) is 34.2 Å². The molecule has 1 aromatic carbocycles. The highest BCUT2D eigenvalue weighted by molar-refractivity contribution is 5.89. The average Bonchev–Trinajstić information content (AvgIpc) is 3.39. The molecule has 0 aliphatic carbocycles. The van der Waals surface area contributed by atoms with Crippen molar-refractivity contribution in [3.8, 4) is 11.5 Å². The van der Waals surface area contributed by atoms with Gasteiger partial charge in [0.15, 0.2) is 11.5 Å². The Kier molecular flexibility index (Phi) is 6.36. The van der Waals surface area contributed by atoms with Crippen molar-refractivity contribution in [1.29, 1.82) is 0 Å². The molecular weight excluding hydrogens is 420 g/mol. The number of carbonyl (C=O) groups is 2. The van der Waals surface area contributed by atoms with Crippen LogP contribution in [0.2, 0.25) is 0 Å². The lowest BCUT2D eigenvalue weighted by Gasteiger charge is -2.31. The number of nitrogens with zero attached hydrogens (tertiary/aromatic N) is 4. The van der Waals surface area contributed by atoms with Gasteiger partial charge in [0, 0.05) is 50.3 Å². The Balaban J connectivity index is 1.35. The summed E-state index contributed by atoms with van der Waals surface area (Å²) < 4.78 is 12.7. The van der Waals surface area contributed by atoms with Crippen molar-refractivity contribution < 1.29 is 19.1 Å². The molecule has 8 nitrogen and oxygen atoms in total. The van der Waals surface area contributed by atoms with Gasteiger partial charge in [0.25, 0.3) is 0 Å². The molecule has 2 aliphatic heterocycles. The molecule has 2 amide bonds. The van der Waals surface area contributed by atoms with Crippen LogP contribution in [-0.2, 0) is 34.5 Å². The van der Waals surface area contributed by atoms with Gasteiger partial charge in [0.05, 0.1) is 31.9 Å². The second-order valence-electron chi connectivity index (χ2n) is 9.89. The van der Waals surface area contributed by atoms with Gasteiger partial charge in [-0.2, -0.15) is 5.10 Å². The fourth-order valence-corrected chi connectivity index (χ4v) is 4.81. The van der Waals surface area contributed by atoms with Crippen LogP contribution < -0.4 is 9.47 Å². The van der Waals surface area contributed by atoms with Gasteiger partial charge in [-0.3, -0.25) is 14.3 Å². The van der Waals surface area contributed by atoms with Crippen LogP contribution in [0.5, 0.6) is 11.5 Å². The monoisotopic (exact) mass is 454 g/mol. The molecule has 8 heteroatoms. The molecule has 0 saturated carbocycles. The number of ether oxygens (including phenoxy) is 2. The van der Waals surface area contributed by atoms with Crippen molar-refractivity contribution in [2.24, 2.45) is 5.92 Å². The molecule has 33 heavy (non-hydrogen) atoms. The number of methoxy groups -OCH3 is 2. The van der Waals surface area contributed by atoms with Crippen LogP contribution in [0.3, 0.4) is 0 Å². The third-order valence-electron chi connectivity index (χ3n) is 6.56. The number of amides is 2. The van der Waals surface area contributed by atoms with Gasteiger partial charge in [0.2, 0.25) is 11.8 Å². The number of aromatic nitrogens is 2. The van der Waals surface area contributed by atoms with E-state index in [0.29, 0.717) is 44.1 Å². The lowest BCUT2D eigenvalue weighted by molar-refractivity contribution is -0.136. The summed E-state index contributed by atoms with van der Waals surface area (Å²) in [4.78, 5) is 29.6. The molecule has 1 atom stereocenters. The molecule has 3 heterocycles. The summed E-state index contributed by atoms with van der Waals surface area (Å²) in [7, 11) is 3.22. The topological polar surface area (TPSA) is 76.9 Å². The highest BCUT2D eigenvalue weighted by Crippen LogP contribution is 2.29. The van der Waals surface area contributed by atoms with Crippen molar-refractivity contribution in [2.45, 2.75) is 52.1 Å². The lowest BCUT2D eigenvalue weighted by Crippen LogP contribution is -2.41. The zero-order chi connectivity index (χ0) is 23.8. The van der Waals surface area contributed by atoms with E-state index in [2.05, 4.69) is 30.6 Å². The van der Waals surface area contributed by atoms with Gasteiger partial charge < -0.3 is 19.3 Å². The van der Waals surface area contributed by atoms with Gasteiger partial charge in [-0.25, -0.2) is 0 Å². The summed E-state index contributed by atoms with van der Waals surface area (Å²) in [6.07, 6.45) is 3.67. The maximum Gasteiger partial charge on any atom is 0.228 e. The quantitative estimate of drug-likeness (QED) is 0.671.